The Labute approximate surface area is 261 Å². The fraction of sp³-hybridized carbons (Fsp3) is 0.0769. The number of nitro groups is 1. The minimum atomic E-state index is -0.698. The zero-order valence-corrected chi connectivity index (χ0v) is 24.6. The van der Waals surface area contributed by atoms with E-state index in [1.54, 1.807) is 24.5 Å². The van der Waals surface area contributed by atoms with Gasteiger partial charge >= 0.3 is 0 Å². The lowest BCUT2D eigenvalue weighted by Gasteiger charge is -2.43. The number of hydrogen-bond donors (Lipinski definition) is 0. The van der Waals surface area contributed by atoms with E-state index < -0.39 is 5.41 Å². The molecule has 0 fully saturated rings. The molecule has 0 spiro atoms. The average molecular weight is 588 g/mol. The van der Waals surface area contributed by atoms with Crippen molar-refractivity contribution < 1.29 is 9.66 Å². The van der Waals surface area contributed by atoms with Crippen LogP contribution in [-0.2, 0) is 10.2 Å². The van der Waals surface area contributed by atoms with Gasteiger partial charge in [0.2, 0.25) is 0 Å². The second kappa shape index (κ2) is 11.7. The third-order valence-electron chi connectivity index (χ3n) is 8.66. The van der Waals surface area contributed by atoms with E-state index in [0.29, 0.717) is 11.3 Å². The Balaban J connectivity index is 1.59. The van der Waals surface area contributed by atoms with Crippen molar-refractivity contribution in [1.29, 1.82) is 0 Å². The predicted octanol–water partition coefficient (Wildman–Crippen LogP) is 8.82. The van der Waals surface area contributed by atoms with E-state index >= 15 is 0 Å². The van der Waals surface area contributed by atoms with Crippen molar-refractivity contribution in [3.05, 3.63) is 190 Å². The normalized spacial score (nSPS) is 15.5. The standard InChI is InChI=1S/C39H29N3O3/c1-45-24-21-32-36(42(43)44)18-17-35-37(32)33-25-28(27-19-22-40-23-20-27)26-34(38(33)41-35)39(29-11-5-2-6-12-29,30-13-7-3-8-14-30)31-15-9-4-10-16-31/h2-26,34H,1H3/b24-21+. The highest BCUT2D eigenvalue weighted by atomic mass is 16.6. The number of nitrogens with zero attached hydrogens (tertiary/aromatic N) is 3. The van der Waals surface area contributed by atoms with Gasteiger partial charge in [-0.15, -0.1) is 0 Å². The molecule has 1 atom stereocenters. The van der Waals surface area contributed by atoms with Crippen molar-refractivity contribution in [2.75, 3.05) is 7.11 Å². The van der Waals surface area contributed by atoms with Crippen LogP contribution in [0.2, 0.25) is 0 Å². The molecule has 218 valence electrons. The van der Waals surface area contributed by atoms with Gasteiger partial charge in [-0.25, -0.2) is 0 Å². The smallest absolute Gasteiger partial charge is 0.277 e. The van der Waals surface area contributed by atoms with Crippen LogP contribution < -0.4 is 0 Å². The molecule has 45 heavy (non-hydrogen) atoms. The van der Waals surface area contributed by atoms with E-state index in [0.717, 1.165) is 44.7 Å². The topological polar surface area (TPSA) is 77.6 Å². The first-order valence-electron chi connectivity index (χ1n) is 14.7. The summed E-state index contributed by atoms with van der Waals surface area (Å²) in [5, 5.41) is 12.3. The van der Waals surface area contributed by atoms with Gasteiger partial charge in [0.05, 0.1) is 40.7 Å². The number of aromatic nitrogens is 1. The van der Waals surface area contributed by atoms with Gasteiger partial charge < -0.3 is 4.74 Å². The summed E-state index contributed by atoms with van der Waals surface area (Å²) >= 11 is 0. The number of benzene rings is 4. The second-order valence-electron chi connectivity index (χ2n) is 11.0. The molecule has 2 heterocycles. The molecule has 1 aromatic heterocycles. The molecule has 5 aromatic rings. The summed E-state index contributed by atoms with van der Waals surface area (Å²) in [5.41, 5.74) is 8.21. The molecule has 4 aromatic carbocycles. The largest absolute Gasteiger partial charge is 0.504 e. The van der Waals surface area contributed by atoms with Gasteiger partial charge in [0.25, 0.3) is 5.69 Å². The van der Waals surface area contributed by atoms with E-state index in [2.05, 4.69) is 89.9 Å². The van der Waals surface area contributed by atoms with Gasteiger partial charge in [0.15, 0.2) is 0 Å². The van der Waals surface area contributed by atoms with Crippen molar-refractivity contribution in [1.82, 2.24) is 4.98 Å². The van der Waals surface area contributed by atoms with Crippen LogP contribution in [0, 0.1) is 16.0 Å². The Hall–Kier alpha value is -5.88. The van der Waals surface area contributed by atoms with Gasteiger partial charge in [0.1, 0.15) is 0 Å². The summed E-state index contributed by atoms with van der Waals surface area (Å²) in [7, 11) is 1.53. The second-order valence-corrected chi connectivity index (χ2v) is 11.0. The molecular weight excluding hydrogens is 558 g/mol. The van der Waals surface area contributed by atoms with Gasteiger partial charge in [-0.05, 0) is 58.2 Å². The maximum absolute atomic E-state index is 12.3. The van der Waals surface area contributed by atoms with Crippen molar-refractivity contribution in [2.24, 2.45) is 10.9 Å². The van der Waals surface area contributed by atoms with Crippen molar-refractivity contribution in [3.63, 3.8) is 0 Å². The van der Waals surface area contributed by atoms with Crippen LogP contribution in [0.3, 0.4) is 0 Å². The van der Waals surface area contributed by atoms with Gasteiger partial charge in [0, 0.05) is 35.5 Å². The van der Waals surface area contributed by atoms with E-state index in [1.807, 2.05) is 30.3 Å². The molecule has 7 rings (SSSR count). The first kappa shape index (κ1) is 27.9. The van der Waals surface area contributed by atoms with E-state index in [1.165, 1.54) is 19.4 Å². The lowest BCUT2D eigenvalue weighted by Crippen LogP contribution is -2.42. The molecule has 0 bridgehead atoms. The summed E-state index contributed by atoms with van der Waals surface area (Å²) in [6, 6.07) is 38.9. The Morgan fingerprint density at radius 2 is 1.38 bits per heavy atom. The van der Waals surface area contributed by atoms with Crippen LogP contribution in [0.4, 0.5) is 11.4 Å². The van der Waals surface area contributed by atoms with Crippen LogP contribution in [0.25, 0.3) is 17.2 Å². The summed E-state index contributed by atoms with van der Waals surface area (Å²) < 4.78 is 5.24. The lowest BCUT2D eigenvalue weighted by atomic mass is 9.58. The van der Waals surface area contributed by atoms with Crippen molar-refractivity contribution >= 4 is 34.3 Å². The molecule has 1 unspecified atom stereocenters. The maximum atomic E-state index is 12.3. The molecule has 0 N–H and O–H groups in total. The third kappa shape index (κ3) is 4.68. The SMILES string of the molecule is CO/C=C/c1c([N+](=O)[O-])ccc2c1C1=CC(c3ccncc3)=CC(C(c3ccccc3)(c3ccccc3)c3ccccc3)C1=N2. The molecular formula is C39H29N3O3. The van der Waals surface area contributed by atoms with Gasteiger partial charge in [-0.1, -0.05) is 97.1 Å². The zero-order chi connectivity index (χ0) is 30.8. The molecule has 6 heteroatoms. The van der Waals surface area contributed by atoms with Crippen molar-refractivity contribution in [2.45, 2.75) is 5.41 Å². The van der Waals surface area contributed by atoms with Crippen LogP contribution in [-0.4, -0.2) is 22.7 Å². The highest BCUT2D eigenvalue weighted by Crippen LogP contribution is 2.54. The Morgan fingerprint density at radius 3 is 1.91 bits per heavy atom. The highest BCUT2D eigenvalue weighted by molar-refractivity contribution is 6.34. The quantitative estimate of drug-likeness (QED) is 0.0787. The molecule has 0 saturated carbocycles. The molecule has 2 aliphatic rings. The fourth-order valence-electron chi connectivity index (χ4n) is 6.80. The number of ether oxygens (including phenoxy) is 1. The number of nitro benzene ring substituents is 1. The zero-order valence-electron chi connectivity index (χ0n) is 24.6. The first-order valence-corrected chi connectivity index (χ1v) is 14.7. The number of fused-ring (bicyclic) bond motifs is 3. The molecule has 0 saturated heterocycles. The number of hydrogen-bond acceptors (Lipinski definition) is 5. The third-order valence-corrected chi connectivity index (χ3v) is 8.66. The fourth-order valence-corrected chi connectivity index (χ4v) is 6.80. The monoisotopic (exact) mass is 587 g/mol. The van der Waals surface area contributed by atoms with Crippen LogP contribution >= 0.6 is 0 Å². The minimum Gasteiger partial charge on any atom is -0.504 e. The Bertz CT molecular complexity index is 1900. The number of pyridine rings is 1. The molecule has 0 radical (unpaired) electrons. The van der Waals surface area contributed by atoms with Crippen LogP contribution in [0.5, 0.6) is 0 Å². The molecule has 0 amide bonds. The van der Waals surface area contributed by atoms with Crippen LogP contribution in [0.1, 0.15) is 33.4 Å². The van der Waals surface area contributed by atoms with E-state index in [4.69, 9.17) is 9.73 Å². The summed E-state index contributed by atoms with van der Waals surface area (Å²) in [5.74, 6) is -0.293. The van der Waals surface area contributed by atoms with Gasteiger partial charge in [-0.3, -0.25) is 20.1 Å². The highest BCUT2D eigenvalue weighted by Gasteiger charge is 2.48. The summed E-state index contributed by atoms with van der Waals surface area (Å²) in [6.07, 6.45) is 11.1. The number of aliphatic imine (C=N–C) groups is 1. The van der Waals surface area contributed by atoms with Gasteiger partial charge in [-0.2, -0.15) is 0 Å². The predicted molar refractivity (Wildman–Crippen MR) is 179 cm³/mol. The Morgan fingerprint density at radius 1 is 0.800 bits per heavy atom. The average Bonchev–Trinajstić information content (AvgIpc) is 3.48. The minimum absolute atomic E-state index is 0.00333. The number of rotatable bonds is 8. The number of methoxy groups -OCH3 is 1. The molecule has 1 aliphatic carbocycles. The summed E-state index contributed by atoms with van der Waals surface area (Å²) in [4.78, 5) is 21.5. The lowest BCUT2D eigenvalue weighted by molar-refractivity contribution is -0.385. The van der Waals surface area contributed by atoms with Crippen molar-refractivity contribution in [3.8, 4) is 0 Å². The van der Waals surface area contributed by atoms with E-state index in [9.17, 15) is 10.1 Å². The maximum Gasteiger partial charge on any atom is 0.277 e. The molecule has 1 aliphatic heterocycles. The Kier molecular flexibility index (Phi) is 7.23. The van der Waals surface area contributed by atoms with E-state index in [-0.39, 0.29) is 16.5 Å². The first-order chi connectivity index (χ1) is 22.1. The molecule has 6 nitrogen and oxygen atoms in total. The van der Waals surface area contributed by atoms with Crippen LogP contribution in [0.15, 0.2) is 151 Å². The number of allylic oxidation sites excluding steroid dienone is 4. The summed E-state index contributed by atoms with van der Waals surface area (Å²) in [6.45, 7) is 0.